The fourth-order valence-electron chi connectivity index (χ4n) is 4.93. The average Bonchev–Trinajstić information content (AvgIpc) is 2.77. The van der Waals surface area contributed by atoms with E-state index in [-0.39, 0.29) is 17.7 Å². The number of hydrogen-bond acceptors (Lipinski definition) is 2. The molecule has 3 aliphatic rings. The zero-order valence-corrected chi connectivity index (χ0v) is 16.9. The number of amides is 1. The number of carbonyl (C=O) groups excluding carboxylic acids is 1. The zero-order valence-electron chi connectivity index (χ0n) is 16.1. The third-order valence-corrected chi connectivity index (χ3v) is 6.53. The molecule has 0 saturated carbocycles. The predicted octanol–water partition coefficient (Wildman–Crippen LogP) is 5.74. The molecule has 1 N–H and O–H groups in total. The maximum atomic E-state index is 12.4. The van der Waals surface area contributed by atoms with Crippen LogP contribution in [0.1, 0.15) is 57.8 Å². The van der Waals surface area contributed by atoms with Crippen LogP contribution in [0.3, 0.4) is 0 Å². The van der Waals surface area contributed by atoms with Crippen molar-refractivity contribution in [3.8, 4) is 0 Å². The van der Waals surface area contributed by atoms with E-state index < -0.39 is 0 Å². The van der Waals surface area contributed by atoms with Crippen LogP contribution in [0.2, 0.25) is 5.02 Å². The summed E-state index contributed by atoms with van der Waals surface area (Å²) in [5.74, 6) is 0.719. The summed E-state index contributed by atoms with van der Waals surface area (Å²) >= 11 is 5.90. The lowest BCUT2D eigenvalue weighted by atomic mass is 9.58. The molecule has 3 aliphatic carbocycles. The lowest BCUT2D eigenvalue weighted by molar-refractivity contribution is 0.0954. The van der Waals surface area contributed by atoms with Crippen molar-refractivity contribution in [2.24, 2.45) is 11.0 Å². The lowest BCUT2D eigenvalue weighted by Crippen LogP contribution is -2.36. The van der Waals surface area contributed by atoms with Crippen molar-refractivity contribution in [1.29, 1.82) is 0 Å². The zero-order chi connectivity index (χ0) is 20.0. The van der Waals surface area contributed by atoms with Crippen LogP contribution in [-0.4, -0.2) is 11.6 Å². The van der Waals surface area contributed by atoms with Crippen LogP contribution < -0.4 is 5.43 Å². The first-order chi connectivity index (χ1) is 14.1. The molecule has 0 heterocycles. The Morgan fingerprint density at radius 3 is 2.03 bits per heavy atom. The van der Waals surface area contributed by atoms with E-state index >= 15 is 0 Å². The maximum Gasteiger partial charge on any atom is 0.271 e. The van der Waals surface area contributed by atoms with Gasteiger partial charge in [-0.3, -0.25) is 4.79 Å². The molecule has 0 saturated heterocycles. The van der Waals surface area contributed by atoms with E-state index in [1.807, 2.05) is 6.92 Å². The minimum absolute atomic E-state index is 0.220. The first-order valence-electron chi connectivity index (χ1n) is 9.91. The van der Waals surface area contributed by atoms with Gasteiger partial charge in [0.05, 0.1) is 0 Å². The number of nitrogens with zero attached hydrogens (tertiary/aromatic N) is 1. The minimum atomic E-state index is -0.220. The number of rotatable bonds is 3. The van der Waals surface area contributed by atoms with Gasteiger partial charge in [-0.05, 0) is 59.9 Å². The number of halogens is 1. The molecule has 1 unspecified atom stereocenters. The van der Waals surface area contributed by atoms with Gasteiger partial charge in [-0.15, -0.1) is 0 Å². The maximum absolute atomic E-state index is 12.4. The van der Waals surface area contributed by atoms with Crippen LogP contribution in [0.5, 0.6) is 0 Å². The molecule has 6 rings (SSSR count). The van der Waals surface area contributed by atoms with E-state index in [9.17, 15) is 4.79 Å². The van der Waals surface area contributed by atoms with Crippen LogP contribution in [0.15, 0.2) is 77.9 Å². The van der Waals surface area contributed by atoms with E-state index in [1.54, 1.807) is 24.3 Å². The summed E-state index contributed by atoms with van der Waals surface area (Å²) in [6, 6.07) is 24.3. The van der Waals surface area contributed by atoms with Gasteiger partial charge in [0.2, 0.25) is 0 Å². The molecule has 3 nitrogen and oxygen atoms in total. The Morgan fingerprint density at radius 2 is 1.45 bits per heavy atom. The monoisotopic (exact) mass is 400 g/mol. The molecule has 3 aromatic carbocycles. The van der Waals surface area contributed by atoms with Crippen molar-refractivity contribution < 1.29 is 4.79 Å². The Balaban J connectivity index is 1.45. The van der Waals surface area contributed by atoms with Crippen molar-refractivity contribution in [2.75, 3.05) is 0 Å². The molecular formula is C25H21ClN2O. The SMILES string of the molecule is C/C(=N\NC(=O)c1ccc(Cl)cc1)C1CC2c3ccccc3C1c1ccccc12. The molecule has 0 aromatic heterocycles. The molecule has 144 valence electrons. The van der Waals surface area contributed by atoms with Crippen molar-refractivity contribution in [3.05, 3.63) is 106 Å². The summed E-state index contributed by atoms with van der Waals surface area (Å²) in [5, 5.41) is 5.10. The fraction of sp³-hybridized carbons (Fsp3) is 0.200. The van der Waals surface area contributed by atoms with E-state index in [0.29, 0.717) is 16.5 Å². The van der Waals surface area contributed by atoms with Crippen molar-refractivity contribution in [3.63, 3.8) is 0 Å². The van der Waals surface area contributed by atoms with Gasteiger partial charge in [0.1, 0.15) is 0 Å². The number of hydrazone groups is 1. The second-order valence-electron chi connectivity index (χ2n) is 7.83. The third kappa shape index (κ3) is 3.06. The minimum Gasteiger partial charge on any atom is -0.267 e. The molecule has 29 heavy (non-hydrogen) atoms. The number of hydrogen-bond donors (Lipinski definition) is 1. The highest BCUT2D eigenvalue weighted by atomic mass is 35.5. The standard InChI is InChI=1S/C25H21ClN2O/c1-15(27-28-25(29)16-10-12-17(26)13-11-16)22-14-23-18-6-2-4-8-20(18)24(22)21-9-5-3-7-19(21)23/h2-13,22-24H,14H2,1H3,(H,28,29)/b27-15+. The van der Waals surface area contributed by atoms with Crippen LogP contribution in [-0.2, 0) is 0 Å². The molecule has 0 fully saturated rings. The van der Waals surface area contributed by atoms with Crippen molar-refractivity contribution in [1.82, 2.24) is 5.43 Å². The Hall–Kier alpha value is -2.91. The summed E-state index contributed by atoms with van der Waals surface area (Å²) in [6.07, 6.45) is 1.02. The van der Waals surface area contributed by atoms with E-state index in [2.05, 4.69) is 59.1 Å². The van der Waals surface area contributed by atoms with Gasteiger partial charge in [-0.2, -0.15) is 5.10 Å². The Bertz CT molecular complexity index is 1070. The molecule has 1 atom stereocenters. The molecular weight excluding hydrogens is 380 g/mol. The van der Waals surface area contributed by atoms with Gasteiger partial charge in [-0.25, -0.2) is 5.43 Å². The summed E-state index contributed by atoms with van der Waals surface area (Å²) in [7, 11) is 0. The second-order valence-corrected chi connectivity index (χ2v) is 8.27. The number of carbonyl (C=O) groups is 1. The van der Waals surface area contributed by atoms with Gasteiger partial charge < -0.3 is 0 Å². The molecule has 0 spiro atoms. The fourth-order valence-corrected chi connectivity index (χ4v) is 5.06. The molecule has 0 aliphatic heterocycles. The van der Waals surface area contributed by atoms with Crippen LogP contribution in [0, 0.1) is 5.92 Å². The van der Waals surface area contributed by atoms with E-state index in [0.717, 1.165) is 12.1 Å². The normalized spacial score (nSPS) is 22.0. The van der Waals surface area contributed by atoms with Gasteiger partial charge in [0.25, 0.3) is 5.91 Å². The Labute approximate surface area is 175 Å². The highest BCUT2D eigenvalue weighted by molar-refractivity contribution is 6.30. The van der Waals surface area contributed by atoms with Crippen LogP contribution in [0.25, 0.3) is 0 Å². The van der Waals surface area contributed by atoms with Crippen molar-refractivity contribution >= 4 is 23.2 Å². The first kappa shape index (κ1) is 18.1. The number of fused-ring (bicyclic) bond motifs is 1. The van der Waals surface area contributed by atoms with Crippen LogP contribution >= 0.6 is 11.6 Å². The summed E-state index contributed by atoms with van der Waals surface area (Å²) in [5.41, 5.74) is 9.90. The smallest absolute Gasteiger partial charge is 0.267 e. The largest absolute Gasteiger partial charge is 0.271 e. The highest BCUT2D eigenvalue weighted by Crippen LogP contribution is 2.55. The Kier molecular flexibility index (Phi) is 4.48. The second kappa shape index (κ2) is 7.16. The Morgan fingerprint density at radius 1 is 0.897 bits per heavy atom. The van der Waals surface area contributed by atoms with Gasteiger partial charge in [0, 0.05) is 34.1 Å². The quantitative estimate of drug-likeness (QED) is 0.441. The topological polar surface area (TPSA) is 41.5 Å². The van der Waals surface area contributed by atoms with Crippen LogP contribution in [0.4, 0.5) is 0 Å². The predicted molar refractivity (Wildman–Crippen MR) is 117 cm³/mol. The third-order valence-electron chi connectivity index (χ3n) is 6.28. The summed E-state index contributed by atoms with van der Waals surface area (Å²) in [4.78, 5) is 12.4. The molecule has 3 aromatic rings. The lowest BCUT2D eigenvalue weighted by Gasteiger charge is -2.45. The van der Waals surface area contributed by atoms with Gasteiger partial charge >= 0.3 is 0 Å². The average molecular weight is 401 g/mol. The molecule has 2 bridgehead atoms. The molecule has 4 heteroatoms. The van der Waals surface area contributed by atoms with E-state index in [4.69, 9.17) is 11.6 Å². The summed E-state index contributed by atoms with van der Waals surface area (Å²) < 4.78 is 0. The van der Waals surface area contributed by atoms with Gasteiger partial charge in [-0.1, -0.05) is 60.1 Å². The first-order valence-corrected chi connectivity index (χ1v) is 10.3. The number of nitrogens with one attached hydrogen (secondary N) is 1. The summed E-state index contributed by atoms with van der Waals surface area (Å²) in [6.45, 7) is 2.03. The molecule has 0 radical (unpaired) electrons. The number of benzene rings is 3. The highest BCUT2D eigenvalue weighted by Gasteiger charge is 2.44. The van der Waals surface area contributed by atoms with E-state index in [1.165, 1.54) is 22.3 Å². The van der Waals surface area contributed by atoms with Gasteiger partial charge in [0.15, 0.2) is 0 Å². The van der Waals surface area contributed by atoms with Crippen molar-refractivity contribution in [2.45, 2.75) is 25.2 Å². The molecule has 1 amide bonds.